The smallest absolute Gasteiger partial charge is 0.410 e. The van der Waals surface area contributed by atoms with Gasteiger partial charge < -0.3 is 14.7 Å². The van der Waals surface area contributed by atoms with E-state index in [4.69, 9.17) is 4.74 Å². The number of ether oxygens (including phenoxy) is 1. The number of aliphatic hydroxyl groups is 1. The molecule has 1 N–H and O–H groups in total. The molecular weight excluding hydrogens is 230 g/mol. The van der Waals surface area contributed by atoms with Gasteiger partial charge in [-0.05, 0) is 26.3 Å². The lowest BCUT2D eigenvalue weighted by Gasteiger charge is -2.26. The van der Waals surface area contributed by atoms with Crippen molar-refractivity contribution in [3.63, 3.8) is 0 Å². The highest BCUT2D eigenvalue weighted by Crippen LogP contribution is 2.15. The van der Waals surface area contributed by atoms with Crippen molar-refractivity contribution in [2.24, 2.45) is 0 Å². The van der Waals surface area contributed by atoms with Crippen LogP contribution in [-0.2, 0) is 4.74 Å². The molecule has 1 aromatic carbocycles. The van der Waals surface area contributed by atoms with Gasteiger partial charge in [-0.25, -0.2) is 4.79 Å². The summed E-state index contributed by atoms with van der Waals surface area (Å²) in [7, 11) is 1.61. The summed E-state index contributed by atoms with van der Waals surface area (Å²) in [6, 6.07) is 9.24. The number of likely N-dealkylation sites (N-methyl/N-ethyl adjacent to an activating group) is 1. The minimum Gasteiger partial charge on any atom is -0.444 e. The summed E-state index contributed by atoms with van der Waals surface area (Å²) >= 11 is 0. The van der Waals surface area contributed by atoms with Crippen LogP contribution in [0, 0.1) is 0 Å². The quantitative estimate of drug-likeness (QED) is 0.898. The molecule has 0 radical (unpaired) electrons. The van der Waals surface area contributed by atoms with Crippen LogP contribution in [-0.4, -0.2) is 35.3 Å². The van der Waals surface area contributed by atoms with E-state index in [1.54, 1.807) is 7.05 Å². The molecular formula is C14H21NO3. The van der Waals surface area contributed by atoms with Crippen molar-refractivity contribution >= 4 is 6.09 Å². The second-order valence-electron chi connectivity index (χ2n) is 5.29. The minimum atomic E-state index is -0.705. The molecule has 0 heterocycles. The fraction of sp³-hybridized carbons (Fsp3) is 0.500. The molecule has 1 amide bonds. The molecule has 0 aliphatic heterocycles. The number of aliphatic hydroxyl groups excluding tert-OH is 1. The van der Waals surface area contributed by atoms with E-state index in [1.807, 2.05) is 51.1 Å². The van der Waals surface area contributed by atoms with Gasteiger partial charge in [0.05, 0.1) is 12.6 Å². The maximum atomic E-state index is 11.7. The average Bonchev–Trinajstić information content (AvgIpc) is 2.27. The topological polar surface area (TPSA) is 49.8 Å². The summed E-state index contributed by atoms with van der Waals surface area (Å²) < 4.78 is 5.21. The SMILES string of the molecule is CN(C[C@H](O)c1ccccc1)C(=O)OC(C)(C)C. The Labute approximate surface area is 108 Å². The fourth-order valence-electron chi connectivity index (χ4n) is 1.45. The van der Waals surface area contributed by atoms with E-state index >= 15 is 0 Å². The van der Waals surface area contributed by atoms with Crippen LogP contribution in [0.4, 0.5) is 4.79 Å². The molecule has 1 aromatic rings. The third-order valence-electron chi connectivity index (χ3n) is 2.34. The molecule has 4 nitrogen and oxygen atoms in total. The van der Waals surface area contributed by atoms with Gasteiger partial charge in [0, 0.05) is 7.05 Å². The van der Waals surface area contributed by atoms with Crippen molar-refractivity contribution in [3.05, 3.63) is 35.9 Å². The van der Waals surface area contributed by atoms with Gasteiger partial charge in [0.2, 0.25) is 0 Å². The molecule has 0 bridgehead atoms. The van der Waals surface area contributed by atoms with Crippen LogP contribution in [0.25, 0.3) is 0 Å². The van der Waals surface area contributed by atoms with Crippen LogP contribution in [0.3, 0.4) is 0 Å². The zero-order valence-electron chi connectivity index (χ0n) is 11.4. The Morgan fingerprint density at radius 3 is 2.39 bits per heavy atom. The van der Waals surface area contributed by atoms with Gasteiger partial charge in [0.1, 0.15) is 5.60 Å². The lowest BCUT2D eigenvalue weighted by molar-refractivity contribution is 0.0205. The maximum absolute atomic E-state index is 11.7. The molecule has 0 aliphatic carbocycles. The zero-order chi connectivity index (χ0) is 13.8. The van der Waals surface area contributed by atoms with Crippen molar-refractivity contribution in [1.29, 1.82) is 0 Å². The van der Waals surface area contributed by atoms with E-state index < -0.39 is 17.8 Å². The molecule has 18 heavy (non-hydrogen) atoms. The van der Waals surface area contributed by atoms with Crippen molar-refractivity contribution in [3.8, 4) is 0 Å². The summed E-state index contributed by atoms with van der Waals surface area (Å²) in [6.07, 6.45) is -1.14. The summed E-state index contributed by atoms with van der Waals surface area (Å²) in [5, 5.41) is 9.99. The molecule has 0 fully saturated rings. The normalized spacial score (nSPS) is 12.9. The second kappa shape index (κ2) is 5.87. The first-order chi connectivity index (χ1) is 8.29. The van der Waals surface area contributed by atoms with Gasteiger partial charge in [-0.1, -0.05) is 30.3 Å². The lowest BCUT2D eigenvalue weighted by Crippen LogP contribution is -2.36. The molecule has 0 unspecified atom stereocenters. The van der Waals surface area contributed by atoms with Crippen molar-refractivity contribution < 1.29 is 14.6 Å². The number of nitrogens with zero attached hydrogens (tertiary/aromatic N) is 1. The zero-order valence-corrected chi connectivity index (χ0v) is 11.4. The number of amides is 1. The van der Waals surface area contributed by atoms with Crippen LogP contribution < -0.4 is 0 Å². The van der Waals surface area contributed by atoms with Crippen LogP contribution >= 0.6 is 0 Å². The summed E-state index contributed by atoms with van der Waals surface area (Å²) in [6.45, 7) is 5.64. The number of benzene rings is 1. The standard InChI is InChI=1S/C14H21NO3/c1-14(2,3)18-13(17)15(4)10-12(16)11-8-6-5-7-9-11/h5-9,12,16H,10H2,1-4H3/t12-/m0/s1. The monoisotopic (exact) mass is 251 g/mol. The van der Waals surface area contributed by atoms with E-state index in [0.717, 1.165) is 5.56 Å². The third kappa shape index (κ3) is 4.75. The molecule has 1 rings (SSSR count). The number of hydrogen-bond donors (Lipinski definition) is 1. The van der Waals surface area contributed by atoms with Crippen LogP contribution in [0.2, 0.25) is 0 Å². The first-order valence-corrected chi connectivity index (χ1v) is 5.97. The van der Waals surface area contributed by atoms with E-state index in [-0.39, 0.29) is 6.54 Å². The van der Waals surface area contributed by atoms with Gasteiger partial charge in [-0.3, -0.25) is 0 Å². The van der Waals surface area contributed by atoms with Gasteiger partial charge in [-0.15, -0.1) is 0 Å². The molecule has 0 aliphatic rings. The summed E-state index contributed by atoms with van der Waals surface area (Å²) in [5.74, 6) is 0. The summed E-state index contributed by atoms with van der Waals surface area (Å²) in [4.78, 5) is 13.1. The van der Waals surface area contributed by atoms with E-state index in [1.165, 1.54) is 4.90 Å². The number of carbonyl (C=O) groups is 1. The Kier molecular flexibility index (Phi) is 4.73. The Morgan fingerprint density at radius 2 is 1.89 bits per heavy atom. The fourth-order valence-corrected chi connectivity index (χ4v) is 1.45. The lowest BCUT2D eigenvalue weighted by atomic mass is 10.1. The first-order valence-electron chi connectivity index (χ1n) is 5.97. The maximum Gasteiger partial charge on any atom is 0.410 e. The average molecular weight is 251 g/mol. The van der Waals surface area contributed by atoms with Gasteiger partial charge >= 0.3 is 6.09 Å². The van der Waals surface area contributed by atoms with Gasteiger partial charge in [0.15, 0.2) is 0 Å². The Morgan fingerprint density at radius 1 is 1.33 bits per heavy atom. The van der Waals surface area contributed by atoms with E-state index in [2.05, 4.69) is 0 Å². The number of carbonyl (C=O) groups excluding carboxylic acids is 1. The van der Waals surface area contributed by atoms with Crippen LogP contribution in [0.1, 0.15) is 32.4 Å². The minimum absolute atomic E-state index is 0.207. The van der Waals surface area contributed by atoms with Crippen molar-refractivity contribution in [2.75, 3.05) is 13.6 Å². The molecule has 0 saturated heterocycles. The number of hydrogen-bond acceptors (Lipinski definition) is 3. The Balaban J connectivity index is 2.55. The predicted octanol–water partition coefficient (Wildman–Crippen LogP) is 2.59. The van der Waals surface area contributed by atoms with Crippen LogP contribution in [0.5, 0.6) is 0 Å². The molecule has 100 valence electrons. The summed E-state index contributed by atoms with van der Waals surface area (Å²) in [5.41, 5.74) is 0.260. The Hall–Kier alpha value is -1.55. The highest BCUT2D eigenvalue weighted by Gasteiger charge is 2.21. The second-order valence-corrected chi connectivity index (χ2v) is 5.29. The highest BCUT2D eigenvalue weighted by atomic mass is 16.6. The molecule has 0 aromatic heterocycles. The number of rotatable bonds is 3. The highest BCUT2D eigenvalue weighted by molar-refractivity contribution is 5.67. The van der Waals surface area contributed by atoms with Crippen LogP contribution in [0.15, 0.2) is 30.3 Å². The third-order valence-corrected chi connectivity index (χ3v) is 2.34. The van der Waals surface area contributed by atoms with E-state index in [0.29, 0.717) is 0 Å². The predicted molar refractivity (Wildman–Crippen MR) is 70.3 cm³/mol. The van der Waals surface area contributed by atoms with Gasteiger partial charge in [-0.2, -0.15) is 0 Å². The molecule has 4 heteroatoms. The molecule has 0 spiro atoms. The molecule has 1 atom stereocenters. The first kappa shape index (κ1) is 14.5. The largest absolute Gasteiger partial charge is 0.444 e. The van der Waals surface area contributed by atoms with Crippen molar-refractivity contribution in [1.82, 2.24) is 4.90 Å². The molecule has 0 saturated carbocycles. The van der Waals surface area contributed by atoms with Gasteiger partial charge in [0.25, 0.3) is 0 Å². The Bertz CT molecular complexity index is 384. The van der Waals surface area contributed by atoms with E-state index in [9.17, 15) is 9.90 Å². The van der Waals surface area contributed by atoms with Crippen molar-refractivity contribution in [2.45, 2.75) is 32.5 Å².